The quantitative estimate of drug-likeness (QED) is 0.616. The van der Waals surface area contributed by atoms with Crippen LogP contribution < -0.4 is 4.74 Å². The van der Waals surface area contributed by atoms with Gasteiger partial charge in [-0.05, 0) is 50.8 Å². The SMILES string of the molecule is C=N/C=C\N(C)CCCN(C)CCc1cccc(OC)c1.CC. The average molecular weight is 319 g/mol. The van der Waals surface area contributed by atoms with Crippen LogP contribution >= 0.6 is 0 Å². The van der Waals surface area contributed by atoms with Gasteiger partial charge in [0, 0.05) is 32.5 Å². The van der Waals surface area contributed by atoms with Crippen LogP contribution in [0.5, 0.6) is 5.75 Å². The molecule has 1 rings (SSSR count). The first-order valence-corrected chi connectivity index (χ1v) is 8.30. The molecule has 0 radical (unpaired) electrons. The van der Waals surface area contributed by atoms with E-state index in [9.17, 15) is 0 Å². The summed E-state index contributed by atoms with van der Waals surface area (Å²) in [6.45, 7) is 10.6. The Hall–Kier alpha value is -1.81. The highest BCUT2D eigenvalue weighted by Gasteiger charge is 2.01. The first kappa shape index (κ1) is 21.2. The van der Waals surface area contributed by atoms with Gasteiger partial charge >= 0.3 is 0 Å². The molecule has 0 aliphatic carbocycles. The van der Waals surface area contributed by atoms with Gasteiger partial charge in [0.05, 0.1) is 7.11 Å². The van der Waals surface area contributed by atoms with Crippen molar-refractivity contribution in [2.45, 2.75) is 26.7 Å². The smallest absolute Gasteiger partial charge is 0.119 e. The Labute approximate surface area is 142 Å². The molecule has 23 heavy (non-hydrogen) atoms. The Kier molecular flexibility index (Phi) is 12.7. The van der Waals surface area contributed by atoms with Crippen molar-refractivity contribution in [3.8, 4) is 5.75 Å². The molecule has 0 atom stereocenters. The summed E-state index contributed by atoms with van der Waals surface area (Å²) < 4.78 is 5.25. The molecule has 4 heteroatoms. The van der Waals surface area contributed by atoms with E-state index in [0.29, 0.717) is 0 Å². The number of likely N-dealkylation sites (N-methyl/N-ethyl adjacent to an activating group) is 1. The topological polar surface area (TPSA) is 28.1 Å². The monoisotopic (exact) mass is 319 g/mol. The van der Waals surface area contributed by atoms with Crippen molar-refractivity contribution in [2.24, 2.45) is 4.99 Å². The van der Waals surface area contributed by atoms with Crippen LogP contribution in [0.25, 0.3) is 0 Å². The minimum absolute atomic E-state index is 0.930. The number of methoxy groups -OCH3 is 1. The standard InChI is InChI=1S/C17H27N3O.C2H6/c1-18-10-14-20(3)12-6-11-19(2)13-9-16-7-5-8-17(15-16)21-4;1-2/h5,7-8,10,14-15H,1,6,9,11-13H2,2-4H3;1-2H3/b14-10-;. The van der Waals surface area contributed by atoms with Crippen molar-refractivity contribution >= 4 is 6.72 Å². The molecule has 0 fully saturated rings. The molecule has 0 unspecified atom stereocenters. The Morgan fingerprint density at radius 2 is 1.91 bits per heavy atom. The summed E-state index contributed by atoms with van der Waals surface area (Å²) in [6, 6.07) is 8.28. The molecule has 0 spiro atoms. The Balaban J connectivity index is 0.00000232. The maximum atomic E-state index is 5.25. The van der Waals surface area contributed by atoms with Crippen molar-refractivity contribution in [1.82, 2.24) is 9.80 Å². The molecule has 1 aromatic carbocycles. The second-order valence-electron chi connectivity index (χ2n) is 5.22. The van der Waals surface area contributed by atoms with E-state index in [1.807, 2.05) is 32.2 Å². The fourth-order valence-corrected chi connectivity index (χ4v) is 2.09. The van der Waals surface area contributed by atoms with E-state index in [1.165, 1.54) is 5.56 Å². The number of aliphatic imine (C=N–C) groups is 1. The normalized spacial score (nSPS) is 10.3. The van der Waals surface area contributed by atoms with E-state index >= 15 is 0 Å². The molecule has 0 N–H and O–H groups in total. The molecule has 4 nitrogen and oxygen atoms in total. The Bertz CT molecular complexity index is 446. The molecular formula is C19H33N3O. The van der Waals surface area contributed by atoms with Crippen LogP contribution in [0, 0.1) is 0 Å². The lowest BCUT2D eigenvalue weighted by molar-refractivity contribution is 0.311. The van der Waals surface area contributed by atoms with Gasteiger partial charge in [-0.1, -0.05) is 26.0 Å². The van der Waals surface area contributed by atoms with Crippen LogP contribution in [-0.4, -0.2) is 57.4 Å². The molecule has 0 aliphatic rings. The molecule has 0 bridgehead atoms. The van der Waals surface area contributed by atoms with E-state index in [-0.39, 0.29) is 0 Å². The fraction of sp³-hybridized carbons (Fsp3) is 0.526. The second-order valence-corrected chi connectivity index (χ2v) is 5.22. The minimum Gasteiger partial charge on any atom is -0.497 e. The number of benzene rings is 1. The van der Waals surface area contributed by atoms with Gasteiger partial charge in [-0.3, -0.25) is 4.99 Å². The summed E-state index contributed by atoms with van der Waals surface area (Å²) >= 11 is 0. The summed E-state index contributed by atoms with van der Waals surface area (Å²) in [4.78, 5) is 8.20. The van der Waals surface area contributed by atoms with E-state index in [2.05, 4.69) is 47.7 Å². The average Bonchev–Trinajstić information content (AvgIpc) is 2.60. The third-order valence-corrected chi connectivity index (χ3v) is 3.39. The second kappa shape index (κ2) is 13.8. The third kappa shape index (κ3) is 10.5. The number of ether oxygens (including phenoxy) is 1. The zero-order chi connectivity index (χ0) is 17.5. The first-order valence-electron chi connectivity index (χ1n) is 8.30. The van der Waals surface area contributed by atoms with Gasteiger partial charge in [0.1, 0.15) is 5.75 Å². The molecule has 0 aromatic heterocycles. The van der Waals surface area contributed by atoms with Crippen LogP contribution in [0.1, 0.15) is 25.8 Å². The molecule has 0 aliphatic heterocycles. The van der Waals surface area contributed by atoms with Gasteiger partial charge in [-0.15, -0.1) is 0 Å². The highest BCUT2D eigenvalue weighted by Crippen LogP contribution is 2.13. The number of rotatable bonds is 10. The molecule has 0 saturated carbocycles. The molecule has 0 amide bonds. The molecular weight excluding hydrogens is 286 g/mol. The number of hydrogen-bond donors (Lipinski definition) is 0. The van der Waals surface area contributed by atoms with Gasteiger partial charge < -0.3 is 14.5 Å². The minimum atomic E-state index is 0.930. The van der Waals surface area contributed by atoms with Crippen LogP contribution in [-0.2, 0) is 6.42 Å². The highest BCUT2D eigenvalue weighted by atomic mass is 16.5. The summed E-state index contributed by atoms with van der Waals surface area (Å²) in [6.07, 6.45) is 5.84. The van der Waals surface area contributed by atoms with Crippen molar-refractivity contribution in [1.29, 1.82) is 0 Å². The zero-order valence-electron chi connectivity index (χ0n) is 15.5. The van der Waals surface area contributed by atoms with Crippen molar-refractivity contribution in [2.75, 3.05) is 40.8 Å². The Morgan fingerprint density at radius 3 is 2.57 bits per heavy atom. The van der Waals surface area contributed by atoms with Gasteiger partial charge in [-0.25, -0.2) is 0 Å². The van der Waals surface area contributed by atoms with Gasteiger partial charge in [0.15, 0.2) is 0 Å². The molecule has 0 heterocycles. The predicted octanol–water partition coefficient (Wildman–Crippen LogP) is 3.69. The maximum absolute atomic E-state index is 5.25. The van der Waals surface area contributed by atoms with Crippen molar-refractivity contribution in [3.05, 3.63) is 42.2 Å². The third-order valence-electron chi connectivity index (χ3n) is 3.39. The summed E-state index contributed by atoms with van der Waals surface area (Å²) in [5, 5.41) is 0. The van der Waals surface area contributed by atoms with Crippen LogP contribution in [0.3, 0.4) is 0 Å². The molecule has 1 aromatic rings. The van der Waals surface area contributed by atoms with Gasteiger partial charge in [0.2, 0.25) is 0 Å². The van der Waals surface area contributed by atoms with Crippen LogP contribution in [0.2, 0.25) is 0 Å². The summed E-state index contributed by atoms with van der Waals surface area (Å²) in [7, 11) is 5.93. The van der Waals surface area contributed by atoms with Crippen LogP contribution in [0.15, 0.2) is 41.7 Å². The lowest BCUT2D eigenvalue weighted by atomic mass is 10.1. The van der Waals surface area contributed by atoms with E-state index < -0.39 is 0 Å². The lowest BCUT2D eigenvalue weighted by Crippen LogP contribution is -2.25. The van der Waals surface area contributed by atoms with Crippen molar-refractivity contribution in [3.63, 3.8) is 0 Å². The van der Waals surface area contributed by atoms with E-state index in [1.54, 1.807) is 13.3 Å². The van der Waals surface area contributed by atoms with Crippen LogP contribution in [0.4, 0.5) is 0 Å². The molecule has 130 valence electrons. The van der Waals surface area contributed by atoms with Gasteiger partial charge in [0.25, 0.3) is 0 Å². The number of nitrogens with zero attached hydrogens (tertiary/aromatic N) is 3. The number of hydrogen-bond acceptors (Lipinski definition) is 4. The largest absolute Gasteiger partial charge is 0.497 e. The lowest BCUT2D eigenvalue weighted by Gasteiger charge is -2.19. The van der Waals surface area contributed by atoms with E-state index in [4.69, 9.17) is 4.74 Å². The predicted molar refractivity (Wildman–Crippen MR) is 101 cm³/mol. The fourth-order valence-electron chi connectivity index (χ4n) is 2.09. The summed E-state index contributed by atoms with van der Waals surface area (Å²) in [5.74, 6) is 0.930. The molecule has 0 saturated heterocycles. The van der Waals surface area contributed by atoms with Gasteiger partial charge in [-0.2, -0.15) is 0 Å². The zero-order valence-corrected chi connectivity index (χ0v) is 15.5. The first-order chi connectivity index (χ1) is 11.2. The van der Waals surface area contributed by atoms with Crippen molar-refractivity contribution < 1.29 is 4.74 Å². The maximum Gasteiger partial charge on any atom is 0.119 e. The highest BCUT2D eigenvalue weighted by molar-refractivity contribution is 5.28. The van der Waals surface area contributed by atoms with E-state index in [0.717, 1.165) is 38.2 Å². The summed E-state index contributed by atoms with van der Waals surface area (Å²) in [5.41, 5.74) is 1.32. The Morgan fingerprint density at radius 1 is 1.17 bits per heavy atom.